The Hall–Kier alpha value is -2.11. The zero-order valence-corrected chi connectivity index (χ0v) is 14.0. The van der Waals surface area contributed by atoms with Crippen molar-refractivity contribution in [1.29, 1.82) is 0 Å². The van der Waals surface area contributed by atoms with Gasteiger partial charge in [0.1, 0.15) is 12.0 Å². The fraction of sp³-hybridized carbons (Fsp3) is 0.333. The van der Waals surface area contributed by atoms with Gasteiger partial charge < -0.3 is 15.1 Å². The number of likely N-dealkylation sites (tertiary alicyclic amines) is 1. The van der Waals surface area contributed by atoms with E-state index in [-0.39, 0.29) is 24.2 Å². The molecule has 1 aliphatic heterocycles. The summed E-state index contributed by atoms with van der Waals surface area (Å²) < 4.78 is 5.22. The van der Waals surface area contributed by atoms with Gasteiger partial charge in [-0.15, -0.1) is 0 Å². The predicted molar refractivity (Wildman–Crippen MR) is 91.0 cm³/mol. The molecule has 126 valence electrons. The van der Waals surface area contributed by atoms with Crippen molar-refractivity contribution in [3.05, 3.63) is 58.5 Å². The average Bonchev–Trinajstić information content (AvgIpc) is 3.10. The topological polar surface area (TPSA) is 76.5 Å². The second-order valence-electron chi connectivity index (χ2n) is 5.94. The smallest absolute Gasteiger partial charge is 0.257 e. The van der Waals surface area contributed by atoms with Crippen LogP contribution in [0.2, 0.25) is 5.02 Å². The van der Waals surface area contributed by atoms with Crippen molar-refractivity contribution in [2.75, 3.05) is 13.1 Å². The summed E-state index contributed by atoms with van der Waals surface area (Å²) in [6, 6.07) is 8.63. The molecule has 0 radical (unpaired) electrons. The molecule has 2 aromatic rings. The first kappa shape index (κ1) is 16.7. The maximum Gasteiger partial charge on any atom is 0.257 e. The number of furan rings is 1. The fourth-order valence-electron chi connectivity index (χ4n) is 2.98. The number of hydrogen-bond donors (Lipinski definition) is 1. The van der Waals surface area contributed by atoms with Crippen LogP contribution in [0.5, 0.6) is 0 Å². The molecule has 1 amide bonds. The van der Waals surface area contributed by atoms with Crippen LogP contribution < -0.4 is 5.73 Å². The van der Waals surface area contributed by atoms with E-state index in [1.54, 1.807) is 35.2 Å². The number of rotatable bonds is 4. The van der Waals surface area contributed by atoms with E-state index < -0.39 is 0 Å². The fourth-order valence-corrected chi connectivity index (χ4v) is 3.10. The summed E-state index contributed by atoms with van der Waals surface area (Å²) in [7, 11) is 0. The normalized spacial score (nSPS) is 15.5. The Morgan fingerprint density at radius 2 is 1.83 bits per heavy atom. The number of benzene rings is 1. The lowest BCUT2D eigenvalue weighted by Crippen LogP contribution is -2.40. The summed E-state index contributed by atoms with van der Waals surface area (Å²) in [6.07, 6.45) is 2.76. The monoisotopic (exact) mass is 346 g/mol. The number of ketones is 1. The summed E-state index contributed by atoms with van der Waals surface area (Å²) in [4.78, 5) is 26.7. The summed E-state index contributed by atoms with van der Waals surface area (Å²) >= 11 is 5.86. The number of piperidine rings is 1. The van der Waals surface area contributed by atoms with Crippen molar-refractivity contribution in [3.8, 4) is 0 Å². The van der Waals surface area contributed by atoms with Crippen molar-refractivity contribution in [1.82, 2.24) is 4.90 Å². The summed E-state index contributed by atoms with van der Waals surface area (Å²) in [5.41, 5.74) is 6.68. The highest BCUT2D eigenvalue weighted by atomic mass is 35.5. The molecule has 6 heteroatoms. The molecule has 0 unspecified atom stereocenters. The van der Waals surface area contributed by atoms with E-state index in [9.17, 15) is 9.59 Å². The quantitative estimate of drug-likeness (QED) is 0.863. The molecule has 0 spiro atoms. The Labute approximate surface area is 145 Å². The number of amides is 1. The standard InChI is InChI=1S/C18H19ClN2O3/c19-15-3-1-12(2-4-15)17(22)13-5-7-21(8-6-13)18(23)14-9-16(10-20)24-11-14/h1-4,9,11,13H,5-8,10,20H2. The van der Waals surface area contributed by atoms with E-state index in [0.29, 0.717) is 47.8 Å². The van der Waals surface area contributed by atoms with Crippen LogP contribution in [0.15, 0.2) is 41.0 Å². The Balaban J connectivity index is 1.60. The lowest BCUT2D eigenvalue weighted by atomic mass is 9.89. The predicted octanol–water partition coefficient (Wildman–Crippen LogP) is 3.13. The van der Waals surface area contributed by atoms with Gasteiger partial charge in [0.05, 0.1) is 12.1 Å². The molecule has 2 N–H and O–H groups in total. The number of hydrogen-bond acceptors (Lipinski definition) is 4. The number of halogens is 1. The minimum absolute atomic E-state index is 0.0563. The average molecular weight is 347 g/mol. The zero-order valence-electron chi connectivity index (χ0n) is 13.2. The van der Waals surface area contributed by atoms with E-state index in [0.717, 1.165) is 0 Å². The maximum atomic E-state index is 12.5. The Morgan fingerprint density at radius 1 is 1.17 bits per heavy atom. The number of carbonyl (C=O) groups excluding carboxylic acids is 2. The molecule has 1 saturated heterocycles. The second kappa shape index (κ2) is 7.20. The molecule has 5 nitrogen and oxygen atoms in total. The van der Waals surface area contributed by atoms with Crippen LogP contribution in [0.1, 0.15) is 39.3 Å². The van der Waals surface area contributed by atoms with E-state index in [1.807, 2.05) is 0 Å². The molecule has 1 aromatic carbocycles. The third-order valence-electron chi connectivity index (χ3n) is 4.38. The van der Waals surface area contributed by atoms with Crippen molar-refractivity contribution < 1.29 is 14.0 Å². The van der Waals surface area contributed by atoms with E-state index in [1.165, 1.54) is 6.26 Å². The van der Waals surface area contributed by atoms with E-state index in [2.05, 4.69) is 0 Å². The van der Waals surface area contributed by atoms with Gasteiger partial charge in [0.15, 0.2) is 5.78 Å². The minimum atomic E-state index is -0.0733. The summed E-state index contributed by atoms with van der Waals surface area (Å²) in [5, 5.41) is 0.615. The van der Waals surface area contributed by atoms with Gasteiger partial charge in [-0.2, -0.15) is 0 Å². The summed E-state index contributed by atoms with van der Waals surface area (Å²) in [5.74, 6) is 0.577. The molecule has 2 heterocycles. The molecule has 1 aliphatic rings. The molecule has 1 fully saturated rings. The highest BCUT2D eigenvalue weighted by molar-refractivity contribution is 6.30. The van der Waals surface area contributed by atoms with Crippen LogP contribution in [0.25, 0.3) is 0 Å². The molecule has 0 aliphatic carbocycles. The Kier molecular flexibility index (Phi) is 5.02. The Morgan fingerprint density at radius 3 is 2.42 bits per heavy atom. The SMILES string of the molecule is NCc1cc(C(=O)N2CCC(C(=O)c3ccc(Cl)cc3)CC2)co1. The first-order valence-electron chi connectivity index (χ1n) is 7.95. The maximum absolute atomic E-state index is 12.5. The van der Waals surface area contributed by atoms with Crippen LogP contribution in [0.3, 0.4) is 0 Å². The van der Waals surface area contributed by atoms with Crippen molar-refractivity contribution in [3.63, 3.8) is 0 Å². The third kappa shape index (κ3) is 3.52. The van der Waals surface area contributed by atoms with Crippen molar-refractivity contribution in [2.45, 2.75) is 19.4 Å². The Bertz CT molecular complexity index is 731. The molecule has 24 heavy (non-hydrogen) atoms. The van der Waals surface area contributed by atoms with Gasteiger partial charge >= 0.3 is 0 Å². The van der Waals surface area contributed by atoms with Crippen LogP contribution in [0, 0.1) is 5.92 Å². The van der Waals surface area contributed by atoms with Crippen LogP contribution >= 0.6 is 11.6 Å². The summed E-state index contributed by atoms with van der Waals surface area (Å²) in [6.45, 7) is 1.39. The first-order chi connectivity index (χ1) is 11.6. The molecule has 0 atom stereocenters. The third-order valence-corrected chi connectivity index (χ3v) is 4.64. The van der Waals surface area contributed by atoms with Crippen LogP contribution in [-0.2, 0) is 6.54 Å². The van der Waals surface area contributed by atoms with Gasteiger partial charge in [-0.1, -0.05) is 11.6 Å². The van der Waals surface area contributed by atoms with E-state index >= 15 is 0 Å². The van der Waals surface area contributed by atoms with Crippen LogP contribution in [-0.4, -0.2) is 29.7 Å². The molecule has 0 saturated carbocycles. The zero-order chi connectivity index (χ0) is 17.1. The molecular formula is C18H19ClN2O3. The highest BCUT2D eigenvalue weighted by Gasteiger charge is 2.28. The minimum Gasteiger partial charge on any atom is -0.467 e. The van der Waals surface area contributed by atoms with E-state index in [4.69, 9.17) is 21.8 Å². The lowest BCUT2D eigenvalue weighted by Gasteiger charge is -2.31. The number of nitrogens with two attached hydrogens (primary N) is 1. The molecule has 1 aromatic heterocycles. The molecular weight excluding hydrogens is 328 g/mol. The molecule has 3 rings (SSSR count). The second-order valence-corrected chi connectivity index (χ2v) is 6.38. The number of carbonyl (C=O) groups is 2. The lowest BCUT2D eigenvalue weighted by molar-refractivity contribution is 0.0649. The van der Waals surface area contributed by atoms with Gasteiger partial charge in [0.25, 0.3) is 5.91 Å². The van der Waals surface area contributed by atoms with Gasteiger partial charge in [-0.25, -0.2) is 0 Å². The van der Waals surface area contributed by atoms with Crippen LogP contribution in [0.4, 0.5) is 0 Å². The largest absolute Gasteiger partial charge is 0.467 e. The highest BCUT2D eigenvalue weighted by Crippen LogP contribution is 2.24. The number of nitrogens with zero attached hydrogens (tertiary/aromatic N) is 1. The van der Waals surface area contributed by atoms with Crippen molar-refractivity contribution in [2.24, 2.45) is 11.7 Å². The van der Waals surface area contributed by atoms with Gasteiger partial charge in [-0.05, 0) is 43.2 Å². The molecule has 0 bridgehead atoms. The van der Waals surface area contributed by atoms with Gasteiger partial charge in [0, 0.05) is 29.6 Å². The number of Topliss-reactive ketones (excluding diaryl/α,β-unsaturated/α-hetero) is 1. The van der Waals surface area contributed by atoms with Gasteiger partial charge in [-0.3, -0.25) is 9.59 Å². The van der Waals surface area contributed by atoms with Crippen molar-refractivity contribution >= 4 is 23.3 Å². The van der Waals surface area contributed by atoms with Gasteiger partial charge in [0.2, 0.25) is 0 Å². The first-order valence-corrected chi connectivity index (χ1v) is 8.33.